The van der Waals surface area contributed by atoms with E-state index in [0.717, 1.165) is 12.8 Å². The lowest BCUT2D eigenvalue weighted by Crippen LogP contribution is -2.67. The Morgan fingerprint density at radius 2 is 1.14 bits per heavy atom. The van der Waals surface area contributed by atoms with Gasteiger partial charge in [-0.15, -0.1) is 0 Å². The maximum atomic E-state index is 7.14. The standard InChI is InChI=1S/C26H32OSi/c1-22(20-21-23-14-8-5-9-15-23)27-28(26(2,3)4,24-16-10-6-11-17-24)25-18-12-7-13-19-25/h5-19,22H,20-21H2,1-4H3. The van der Waals surface area contributed by atoms with Crippen molar-refractivity contribution in [1.82, 2.24) is 0 Å². The lowest BCUT2D eigenvalue weighted by Gasteiger charge is -2.44. The van der Waals surface area contributed by atoms with Crippen molar-refractivity contribution in [3.05, 3.63) is 96.6 Å². The van der Waals surface area contributed by atoms with Gasteiger partial charge in [-0.2, -0.15) is 0 Å². The van der Waals surface area contributed by atoms with E-state index >= 15 is 0 Å². The van der Waals surface area contributed by atoms with Crippen molar-refractivity contribution < 1.29 is 4.43 Å². The van der Waals surface area contributed by atoms with Crippen LogP contribution in [0.15, 0.2) is 91.0 Å². The highest BCUT2D eigenvalue weighted by Gasteiger charge is 2.50. The van der Waals surface area contributed by atoms with E-state index in [4.69, 9.17) is 4.43 Å². The SMILES string of the molecule is CC(CCc1ccccc1)O[Si](c1ccccc1)(c1ccccc1)C(C)(C)C. The molecule has 28 heavy (non-hydrogen) atoms. The Labute approximate surface area is 171 Å². The molecule has 1 unspecified atom stereocenters. The molecule has 3 aromatic rings. The molecule has 0 aromatic heterocycles. The molecule has 3 rings (SSSR count). The van der Waals surface area contributed by atoms with Gasteiger partial charge in [-0.05, 0) is 40.7 Å². The van der Waals surface area contributed by atoms with E-state index in [0.29, 0.717) is 0 Å². The Morgan fingerprint density at radius 1 is 0.714 bits per heavy atom. The van der Waals surface area contributed by atoms with Crippen LogP contribution >= 0.6 is 0 Å². The number of rotatable bonds is 7. The maximum absolute atomic E-state index is 7.14. The highest BCUT2D eigenvalue weighted by Crippen LogP contribution is 2.37. The van der Waals surface area contributed by atoms with E-state index in [1.165, 1.54) is 15.9 Å². The molecule has 1 atom stereocenters. The van der Waals surface area contributed by atoms with Crippen molar-refractivity contribution in [1.29, 1.82) is 0 Å². The number of hydrogen-bond donors (Lipinski definition) is 0. The van der Waals surface area contributed by atoms with Crippen molar-refractivity contribution in [3.63, 3.8) is 0 Å². The molecule has 1 nitrogen and oxygen atoms in total. The molecule has 0 heterocycles. The van der Waals surface area contributed by atoms with Crippen molar-refractivity contribution >= 4 is 18.7 Å². The van der Waals surface area contributed by atoms with E-state index < -0.39 is 8.32 Å². The number of benzene rings is 3. The zero-order valence-electron chi connectivity index (χ0n) is 17.6. The average molecular weight is 389 g/mol. The van der Waals surface area contributed by atoms with Crippen molar-refractivity contribution in [2.75, 3.05) is 0 Å². The minimum Gasteiger partial charge on any atom is -0.405 e. The van der Waals surface area contributed by atoms with E-state index in [9.17, 15) is 0 Å². The summed E-state index contributed by atoms with van der Waals surface area (Å²) in [6.07, 6.45) is 2.25. The molecule has 0 aliphatic carbocycles. The van der Waals surface area contributed by atoms with Gasteiger partial charge in [0.1, 0.15) is 0 Å². The third kappa shape index (κ3) is 4.45. The first-order valence-electron chi connectivity index (χ1n) is 10.3. The fourth-order valence-corrected chi connectivity index (χ4v) is 8.80. The molecule has 0 fully saturated rings. The number of aryl methyl sites for hydroxylation is 1. The molecule has 0 N–H and O–H groups in total. The summed E-state index contributed by atoms with van der Waals surface area (Å²) in [5.74, 6) is 0. The van der Waals surface area contributed by atoms with Gasteiger partial charge in [0.25, 0.3) is 8.32 Å². The summed E-state index contributed by atoms with van der Waals surface area (Å²) in [6.45, 7) is 9.25. The van der Waals surface area contributed by atoms with Crippen molar-refractivity contribution in [2.24, 2.45) is 0 Å². The van der Waals surface area contributed by atoms with Crippen molar-refractivity contribution in [2.45, 2.75) is 51.7 Å². The second-order valence-corrected chi connectivity index (χ2v) is 12.9. The Balaban J connectivity index is 1.96. The van der Waals surface area contributed by atoms with Gasteiger partial charge in [0.05, 0.1) is 0 Å². The minimum absolute atomic E-state index is 0.0245. The maximum Gasteiger partial charge on any atom is 0.261 e. The van der Waals surface area contributed by atoms with Crippen LogP contribution in [-0.4, -0.2) is 14.4 Å². The summed E-state index contributed by atoms with van der Waals surface area (Å²) in [5.41, 5.74) is 1.38. The van der Waals surface area contributed by atoms with Gasteiger partial charge in [-0.25, -0.2) is 0 Å². The van der Waals surface area contributed by atoms with Gasteiger partial charge in [0.2, 0.25) is 0 Å². The molecular formula is C26H32OSi. The average Bonchev–Trinajstić information content (AvgIpc) is 2.71. The molecule has 0 saturated heterocycles. The van der Waals surface area contributed by atoms with Crippen LogP contribution in [0.3, 0.4) is 0 Å². The topological polar surface area (TPSA) is 9.23 Å². The first-order chi connectivity index (χ1) is 13.4. The molecule has 2 heteroatoms. The minimum atomic E-state index is -2.45. The van der Waals surface area contributed by atoms with Gasteiger partial charge in [-0.1, -0.05) is 112 Å². The largest absolute Gasteiger partial charge is 0.405 e. The third-order valence-electron chi connectivity index (χ3n) is 5.48. The molecule has 0 saturated carbocycles. The lowest BCUT2D eigenvalue weighted by molar-refractivity contribution is 0.196. The molecule has 0 spiro atoms. The van der Waals surface area contributed by atoms with Crippen LogP contribution in [0.1, 0.15) is 39.7 Å². The molecule has 146 valence electrons. The summed E-state index contributed by atoms with van der Waals surface area (Å²) in [7, 11) is -2.45. The summed E-state index contributed by atoms with van der Waals surface area (Å²) < 4.78 is 7.14. The van der Waals surface area contributed by atoms with Gasteiger partial charge in [-0.3, -0.25) is 0 Å². The fourth-order valence-electron chi connectivity index (χ4n) is 4.07. The molecule has 0 radical (unpaired) electrons. The Bertz CT molecular complexity index is 798. The van der Waals surface area contributed by atoms with E-state index in [-0.39, 0.29) is 11.1 Å². The second-order valence-electron chi connectivity index (χ2n) is 8.62. The normalized spacial score (nSPS) is 13.3. The predicted molar refractivity (Wildman–Crippen MR) is 123 cm³/mol. The van der Waals surface area contributed by atoms with Crippen LogP contribution in [0, 0.1) is 0 Å². The van der Waals surface area contributed by atoms with Gasteiger partial charge in [0.15, 0.2) is 0 Å². The summed E-state index contributed by atoms with van der Waals surface area (Å²) in [4.78, 5) is 0. The van der Waals surface area contributed by atoms with E-state index in [1.807, 2.05) is 0 Å². The summed E-state index contributed by atoms with van der Waals surface area (Å²) in [6, 6.07) is 32.5. The molecule has 0 bridgehead atoms. The quantitative estimate of drug-likeness (QED) is 0.480. The summed E-state index contributed by atoms with van der Waals surface area (Å²) >= 11 is 0. The highest BCUT2D eigenvalue weighted by molar-refractivity contribution is 6.99. The van der Waals surface area contributed by atoms with Crippen LogP contribution in [-0.2, 0) is 10.8 Å². The predicted octanol–water partition coefficient (Wildman–Crippen LogP) is 5.58. The van der Waals surface area contributed by atoms with Gasteiger partial charge >= 0.3 is 0 Å². The molecule has 3 aromatic carbocycles. The highest BCUT2D eigenvalue weighted by atomic mass is 28.4. The van der Waals surface area contributed by atoms with Crippen LogP contribution in [0.4, 0.5) is 0 Å². The molecule has 0 amide bonds. The third-order valence-corrected chi connectivity index (χ3v) is 10.6. The monoisotopic (exact) mass is 388 g/mol. The first-order valence-corrected chi connectivity index (χ1v) is 12.2. The van der Waals surface area contributed by atoms with Crippen molar-refractivity contribution in [3.8, 4) is 0 Å². The number of hydrogen-bond acceptors (Lipinski definition) is 1. The zero-order chi connectivity index (χ0) is 20.0. The molecule has 0 aliphatic heterocycles. The van der Waals surface area contributed by atoms with Crippen LogP contribution < -0.4 is 10.4 Å². The smallest absolute Gasteiger partial charge is 0.261 e. The molecule has 0 aliphatic rings. The van der Waals surface area contributed by atoms with Crippen LogP contribution in [0.25, 0.3) is 0 Å². The summed E-state index contributed by atoms with van der Waals surface area (Å²) in [5, 5.41) is 2.72. The lowest BCUT2D eigenvalue weighted by atomic mass is 10.1. The van der Waals surface area contributed by atoms with Crippen LogP contribution in [0.2, 0.25) is 5.04 Å². The Morgan fingerprint density at radius 3 is 1.57 bits per heavy atom. The fraction of sp³-hybridized carbons (Fsp3) is 0.308. The Kier molecular flexibility index (Phi) is 6.53. The first kappa shape index (κ1) is 20.6. The molecular weight excluding hydrogens is 356 g/mol. The zero-order valence-corrected chi connectivity index (χ0v) is 18.6. The van der Waals surface area contributed by atoms with E-state index in [2.05, 4.69) is 119 Å². The Hall–Kier alpha value is -2.16. The van der Waals surface area contributed by atoms with E-state index in [1.54, 1.807) is 0 Å². The van der Waals surface area contributed by atoms with Gasteiger partial charge < -0.3 is 4.43 Å². The second kappa shape index (κ2) is 8.89. The van der Waals surface area contributed by atoms with Crippen LogP contribution in [0.5, 0.6) is 0 Å². The van der Waals surface area contributed by atoms with Gasteiger partial charge in [0, 0.05) is 6.10 Å².